The van der Waals surface area contributed by atoms with E-state index in [-0.39, 0.29) is 0 Å². The van der Waals surface area contributed by atoms with Crippen LogP contribution in [0.4, 0.5) is 0 Å². The molecular formula is C10H17NO4S. The Balaban J connectivity index is 2.07. The van der Waals surface area contributed by atoms with Crippen molar-refractivity contribution in [2.24, 2.45) is 5.92 Å². The predicted molar refractivity (Wildman–Crippen MR) is 61.5 cm³/mol. The van der Waals surface area contributed by atoms with Gasteiger partial charge in [-0.05, 0) is 30.3 Å². The molecule has 1 aliphatic rings. The summed E-state index contributed by atoms with van der Waals surface area (Å²) in [5, 5.41) is 11.1. The summed E-state index contributed by atoms with van der Waals surface area (Å²) >= 11 is 1.72. The molecule has 1 amide bonds. The lowest BCUT2D eigenvalue weighted by atomic mass is 10.2. The van der Waals surface area contributed by atoms with Gasteiger partial charge in [0.2, 0.25) is 6.41 Å². The summed E-state index contributed by atoms with van der Waals surface area (Å²) in [7, 11) is 0. The minimum absolute atomic E-state index is 0.439. The molecule has 1 fully saturated rings. The van der Waals surface area contributed by atoms with Gasteiger partial charge in [0.05, 0.1) is 6.61 Å². The quantitative estimate of drug-likeness (QED) is 0.478. The lowest BCUT2D eigenvalue weighted by molar-refractivity contribution is -0.140. The van der Waals surface area contributed by atoms with E-state index in [1.54, 1.807) is 11.8 Å². The van der Waals surface area contributed by atoms with Gasteiger partial charge in [-0.3, -0.25) is 4.79 Å². The summed E-state index contributed by atoms with van der Waals surface area (Å²) in [5.74, 6) is 1.38. The molecule has 0 aromatic carbocycles. The second kappa shape index (κ2) is 7.51. The van der Waals surface area contributed by atoms with Crippen molar-refractivity contribution in [3.63, 3.8) is 0 Å². The van der Waals surface area contributed by atoms with E-state index in [0.717, 1.165) is 31.1 Å². The highest BCUT2D eigenvalue weighted by Crippen LogP contribution is 2.18. The molecule has 1 saturated heterocycles. The molecule has 92 valence electrons. The molecule has 0 bridgehead atoms. The van der Waals surface area contributed by atoms with Crippen molar-refractivity contribution >= 4 is 24.1 Å². The Labute approximate surface area is 98.9 Å². The lowest BCUT2D eigenvalue weighted by Crippen LogP contribution is -2.36. The second-order valence-electron chi connectivity index (χ2n) is 3.77. The Hall–Kier alpha value is -0.750. The number of carboxylic acids is 1. The SMILES string of the molecule is O=CNC(CCSCC1CCOC1)C(=O)O. The van der Waals surface area contributed by atoms with Crippen molar-refractivity contribution < 1.29 is 19.4 Å². The van der Waals surface area contributed by atoms with Crippen LogP contribution in [0.15, 0.2) is 0 Å². The number of hydrogen-bond donors (Lipinski definition) is 2. The highest BCUT2D eigenvalue weighted by Gasteiger charge is 2.18. The Morgan fingerprint density at radius 3 is 3.06 bits per heavy atom. The minimum atomic E-state index is -0.975. The molecule has 2 atom stereocenters. The molecule has 5 nitrogen and oxygen atoms in total. The smallest absolute Gasteiger partial charge is 0.326 e. The first-order chi connectivity index (χ1) is 7.74. The average molecular weight is 247 g/mol. The zero-order valence-electron chi connectivity index (χ0n) is 9.05. The zero-order chi connectivity index (χ0) is 11.8. The molecule has 0 aliphatic carbocycles. The van der Waals surface area contributed by atoms with Crippen LogP contribution in [0.3, 0.4) is 0 Å². The highest BCUT2D eigenvalue weighted by atomic mass is 32.2. The van der Waals surface area contributed by atoms with Crippen molar-refractivity contribution in [3.05, 3.63) is 0 Å². The van der Waals surface area contributed by atoms with E-state index in [1.165, 1.54) is 0 Å². The van der Waals surface area contributed by atoms with Crippen LogP contribution in [0.25, 0.3) is 0 Å². The molecule has 0 radical (unpaired) electrons. The van der Waals surface area contributed by atoms with Crippen LogP contribution < -0.4 is 5.32 Å². The molecule has 1 heterocycles. The van der Waals surface area contributed by atoms with Crippen molar-refractivity contribution in [1.29, 1.82) is 0 Å². The van der Waals surface area contributed by atoms with Crippen molar-refractivity contribution in [3.8, 4) is 0 Å². The van der Waals surface area contributed by atoms with Gasteiger partial charge >= 0.3 is 5.97 Å². The van der Waals surface area contributed by atoms with Crippen LogP contribution in [0, 0.1) is 5.92 Å². The van der Waals surface area contributed by atoms with E-state index in [2.05, 4.69) is 5.32 Å². The van der Waals surface area contributed by atoms with E-state index >= 15 is 0 Å². The first kappa shape index (κ1) is 13.3. The van der Waals surface area contributed by atoms with E-state index in [4.69, 9.17) is 9.84 Å². The molecular weight excluding hydrogens is 230 g/mol. The highest BCUT2D eigenvalue weighted by molar-refractivity contribution is 7.99. The number of thioether (sulfide) groups is 1. The van der Waals surface area contributed by atoms with Crippen LogP contribution in [-0.2, 0) is 14.3 Å². The van der Waals surface area contributed by atoms with Crippen LogP contribution in [0.1, 0.15) is 12.8 Å². The third-order valence-electron chi connectivity index (χ3n) is 2.50. The van der Waals surface area contributed by atoms with Crippen molar-refractivity contribution in [1.82, 2.24) is 5.32 Å². The minimum Gasteiger partial charge on any atom is -0.480 e. The normalized spacial score (nSPS) is 21.6. The standard InChI is InChI=1S/C10H17NO4S/c12-7-11-9(10(13)14)2-4-16-6-8-1-3-15-5-8/h7-9H,1-6H2,(H,11,12)(H,13,14). The molecule has 0 saturated carbocycles. The van der Waals surface area contributed by atoms with Gasteiger partial charge in [0.1, 0.15) is 6.04 Å². The number of ether oxygens (including phenoxy) is 1. The van der Waals surface area contributed by atoms with Crippen LogP contribution in [0.2, 0.25) is 0 Å². The Kier molecular flexibility index (Phi) is 6.25. The second-order valence-corrected chi connectivity index (χ2v) is 4.92. The number of nitrogens with one attached hydrogen (secondary N) is 1. The molecule has 1 rings (SSSR count). The number of carbonyl (C=O) groups is 2. The zero-order valence-corrected chi connectivity index (χ0v) is 9.87. The fourth-order valence-electron chi connectivity index (χ4n) is 1.53. The molecule has 0 aromatic heterocycles. The van der Waals surface area contributed by atoms with Gasteiger partial charge in [-0.2, -0.15) is 11.8 Å². The Morgan fingerprint density at radius 2 is 2.50 bits per heavy atom. The van der Waals surface area contributed by atoms with Crippen LogP contribution in [-0.4, -0.2) is 48.2 Å². The van der Waals surface area contributed by atoms with Crippen LogP contribution >= 0.6 is 11.8 Å². The van der Waals surface area contributed by atoms with Gasteiger partial charge in [-0.15, -0.1) is 0 Å². The first-order valence-electron chi connectivity index (χ1n) is 5.32. The number of carbonyl (C=O) groups excluding carboxylic acids is 1. The summed E-state index contributed by atoms with van der Waals surface area (Å²) in [5.41, 5.74) is 0. The first-order valence-corrected chi connectivity index (χ1v) is 6.47. The summed E-state index contributed by atoms with van der Waals surface area (Å²) in [6.45, 7) is 1.66. The molecule has 0 aromatic rings. The van der Waals surface area contributed by atoms with Gasteiger partial charge in [-0.25, -0.2) is 4.79 Å². The number of carboxylic acid groups (broad SMARTS) is 1. The molecule has 1 aliphatic heterocycles. The van der Waals surface area contributed by atoms with Gasteiger partial charge < -0.3 is 15.2 Å². The third-order valence-corrected chi connectivity index (χ3v) is 3.73. The lowest BCUT2D eigenvalue weighted by Gasteiger charge is -2.11. The average Bonchev–Trinajstić information content (AvgIpc) is 2.75. The molecule has 2 unspecified atom stereocenters. The van der Waals surface area contributed by atoms with E-state index in [1.807, 2.05) is 0 Å². The van der Waals surface area contributed by atoms with Crippen molar-refractivity contribution in [2.45, 2.75) is 18.9 Å². The Bertz CT molecular complexity index is 231. The third kappa shape index (κ3) is 4.85. The monoisotopic (exact) mass is 247 g/mol. The van der Waals surface area contributed by atoms with Crippen LogP contribution in [0.5, 0.6) is 0 Å². The fourth-order valence-corrected chi connectivity index (χ4v) is 2.69. The number of aliphatic carboxylic acids is 1. The van der Waals surface area contributed by atoms with E-state index in [9.17, 15) is 9.59 Å². The predicted octanol–water partition coefficient (Wildman–Crippen LogP) is 0.345. The molecule has 0 spiro atoms. The maximum Gasteiger partial charge on any atom is 0.326 e. The largest absolute Gasteiger partial charge is 0.480 e. The molecule has 2 N–H and O–H groups in total. The number of rotatable bonds is 8. The summed E-state index contributed by atoms with van der Waals surface area (Å²) in [6.07, 6.45) is 2.00. The molecule has 16 heavy (non-hydrogen) atoms. The fraction of sp³-hybridized carbons (Fsp3) is 0.800. The number of amides is 1. The Morgan fingerprint density at radius 1 is 1.69 bits per heavy atom. The topological polar surface area (TPSA) is 75.6 Å². The molecule has 6 heteroatoms. The summed E-state index contributed by atoms with van der Waals surface area (Å²) in [4.78, 5) is 20.9. The maximum atomic E-state index is 10.7. The van der Waals surface area contributed by atoms with E-state index in [0.29, 0.717) is 18.7 Å². The summed E-state index contributed by atoms with van der Waals surface area (Å²) in [6, 6.07) is -0.759. The van der Waals surface area contributed by atoms with Gasteiger partial charge in [0.25, 0.3) is 0 Å². The van der Waals surface area contributed by atoms with Gasteiger partial charge in [0.15, 0.2) is 0 Å². The van der Waals surface area contributed by atoms with E-state index < -0.39 is 12.0 Å². The maximum absolute atomic E-state index is 10.7. The van der Waals surface area contributed by atoms with Gasteiger partial charge in [0, 0.05) is 6.61 Å². The number of hydrogen-bond acceptors (Lipinski definition) is 4. The van der Waals surface area contributed by atoms with Gasteiger partial charge in [-0.1, -0.05) is 0 Å². The van der Waals surface area contributed by atoms with Crippen molar-refractivity contribution in [2.75, 3.05) is 24.7 Å². The summed E-state index contributed by atoms with van der Waals surface area (Å²) < 4.78 is 5.25.